The van der Waals surface area contributed by atoms with Gasteiger partial charge in [0.15, 0.2) is 6.10 Å². The number of carboxylic acids is 1. The molecular weight excluding hydrogens is 264 g/mol. The SMILES string of the molecule is CC(C)c1ccc(CC(Oc2ccccc2)C(=O)O)cc1. The third-order valence-electron chi connectivity index (χ3n) is 3.36. The van der Waals surface area contributed by atoms with Crippen molar-refractivity contribution in [1.29, 1.82) is 0 Å². The third kappa shape index (κ3) is 4.35. The van der Waals surface area contributed by atoms with Crippen LogP contribution >= 0.6 is 0 Å². The Kier molecular flexibility index (Phi) is 4.99. The van der Waals surface area contributed by atoms with E-state index in [9.17, 15) is 9.90 Å². The van der Waals surface area contributed by atoms with E-state index in [1.165, 1.54) is 5.56 Å². The van der Waals surface area contributed by atoms with Crippen molar-refractivity contribution in [3.8, 4) is 5.75 Å². The Morgan fingerprint density at radius 1 is 1.05 bits per heavy atom. The Morgan fingerprint density at radius 3 is 2.19 bits per heavy atom. The van der Waals surface area contributed by atoms with Gasteiger partial charge in [-0.2, -0.15) is 0 Å². The number of ether oxygens (including phenoxy) is 1. The van der Waals surface area contributed by atoms with Crippen LogP contribution < -0.4 is 4.74 Å². The number of hydrogen-bond donors (Lipinski definition) is 1. The van der Waals surface area contributed by atoms with Crippen molar-refractivity contribution in [1.82, 2.24) is 0 Å². The highest BCUT2D eigenvalue weighted by Crippen LogP contribution is 2.17. The van der Waals surface area contributed by atoms with E-state index in [1.54, 1.807) is 12.1 Å². The topological polar surface area (TPSA) is 46.5 Å². The van der Waals surface area contributed by atoms with Crippen LogP contribution in [0.25, 0.3) is 0 Å². The number of benzene rings is 2. The van der Waals surface area contributed by atoms with Gasteiger partial charge in [0.05, 0.1) is 0 Å². The molecule has 110 valence electrons. The molecule has 3 heteroatoms. The van der Waals surface area contributed by atoms with E-state index in [4.69, 9.17) is 4.74 Å². The Bertz CT molecular complexity index is 573. The molecule has 0 amide bonds. The van der Waals surface area contributed by atoms with Gasteiger partial charge < -0.3 is 9.84 Å². The number of hydrogen-bond acceptors (Lipinski definition) is 2. The van der Waals surface area contributed by atoms with Gasteiger partial charge in [0.1, 0.15) is 5.75 Å². The standard InChI is InChI=1S/C18H20O3/c1-13(2)15-10-8-14(9-11-15)12-17(18(19)20)21-16-6-4-3-5-7-16/h3-11,13,17H,12H2,1-2H3,(H,19,20). The molecule has 0 heterocycles. The lowest BCUT2D eigenvalue weighted by Gasteiger charge is -2.15. The predicted octanol–water partition coefficient (Wildman–Crippen LogP) is 3.88. The molecule has 0 aliphatic heterocycles. The quantitative estimate of drug-likeness (QED) is 0.875. The van der Waals surface area contributed by atoms with Crippen LogP contribution in [0.1, 0.15) is 30.9 Å². The van der Waals surface area contributed by atoms with Gasteiger partial charge in [0.2, 0.25) is 0 Å². The van der Waals surface area contributed by atoms with Crippen LogP contribution in [0.4, 0.5) is 0 Å². The summed E-state index contributed by atoms with van der Waals surface area (Å²) in [5.74, 6) is 0.0883. The first-order valence-electron chi connectivity index (χ1n) is 7.09. The molecule has 0 radical (unpaired) electrons. The smallest absolute Gasteiger partial charge is 0.345 e. The molecular formula is C18H20O3. The minimum atomic E-state index is -0.952. The summed E-state index contributed by atoms with van der Waals surface area (Å²) in [6.07, 6.45) is -0.528. The van der Waals surface area contributed by atoms with Gasteiger partial charge in [-0.25, -0.2) is 4.79 Å². The molecule has 0 aromatic heterocycles. The molecule has 2 aromatic rings. The van der Waals surface area contributed by atoms with Crippen LogP contribution in [0, 0.1) is 0 Å². The van der Waals surface area contributed by atoms with Crippen molar-refractivity contribution in [3.05, 3.63) is 65.7 Å². The van der Waals surface area contributed by atoms with Gasteiger partial charge >= 0.3 is 5.97 Å². The number of carbonyl (C=O) groups is 1. The minimum absolute atomic E-state index is 0.350. The predicted molar refractivity (Wildman–Crippen MR) is 82.7 cm³/mol. The molecule has 3 nitrogen and oxygen atoms in total. The average Bonchev–Trinajstić information content (AvgIpc) is 2.48. The Labute approximate surface area is 125 Å². The van der Waals surface area contributed by atoms with Gasteiger partial charge in [0.25, 0.3) is 0 Å². The first-order chi connectivity index (χ1) is 10.1. The molecule has 0 aliphatic rings. The lowest BCUT2D eigenvalue weighted by Crippen LogP contribution is -2.29. The van der Waals surface area contributed by atoms with Crippen molar-refractivity contribution in [3.63, 3.8) is 0 Å². The van der Waals surface area contributed by atoms with E-state index in [2.05, 4.69) is 13.8 Å². The molecule has 2 rings (SSSR count). The van der Waals surface area contributed by atoms with Crippen molar-refractivity contribution in [2.24, 2.45) is 0 Å². The molecule has 0 bridgehead atoms. The van der Waals surface area contributed by atoms with Crippen LogP contribution in [-0.2, 0) is 11.2 Å². The van der Waals surface area contributed by atoms with Crippen LogP contribution in [0.15, 0.2) is 54.6 Å². The fourth-order valence-corrected chi connectivity index (χ4v) is 2.10. The Hall–Kier alpha value is -2.29. The van der Waals surface area contributed by atoms with Crippen LogP contribution in [0.3, 0.4) is 0 Å². The summed E-state index contributed by atoms with van der Waals surface area (Å²) < 4.78 is 5.56. The van der Waals surface area contributed by atoms with E-state index < -0.39 is 12.1 Å². The van der Waals surface area contributed by atoms with Crippen molar-refractivity contribution in [2.45, 2.75) is 32.3 Å². The van der Waals surface area contributed by atoms with Gasteiger partial charge in [-0.15, -0.1) is 0 Å². The molecule has 0 spiro atoms. The van der Waals surface area contributed by atoms with E-state index in [0.29, 0.717) is 18.1 Å². The summed E-state index contributed by atoms with van der Waals surface area (Å²) in [5, 5.41) is 9.31. The highest BCUT2D eigenvalue weighted by Gasteiger charge is 2.20. The second kappa shape index (κ2) is 6.93. The molecule has 0 fully saturated rings. The molecule has 21 heavy (non-hydrogen) atoms. The van der Waals surface area contributed by atoms with Gasteiger partial charge in [-0.1, -0.05) is 56.3 Å². The molecule has 1 unspecified atom stereocenters. The fourth-order valence-electron chi connectivity index (χ4n) is 2.10. The minimum Gasteiger partial charge on any atom is -0.478 e. The zero-order valence-corrected chi connectivity index (χ0v) is 12.3. The second-order valence-electron chi connectivity index (χ2n) is 5.36. The lowest BCUT2D eigenvalue weighted by molar-refractivity contribution is -0.145. The van der Waals surface area contributed by atoms with Gasteiger partial charge in [-0.3, -0.25) is 0 Å². The maximum atomic E-state index is 11.4. The zero-order chi connectivity index (χ0) is 15.2. The molecule has 2 aromatic carbocycles. The molecule has 0 saturated heterocycles. The zero-order valence-electron chi connectivity index (χ0n) is 12.3. The summed E-state index contributed by atoms with van der Waals surface area (Å²) in [7, 11) is 0. The number of carboxylic acid groups (broad SMARTS) is 1. The summed E-state index contributed by atoms with van der Waals surface area (Å²) in [4.78, 5) is 11.4. The van der Waals surface area contributed by atoms with Crippen molar-refractivity contribution >= 4 is 5.97 Å². The first kappa shape index (κ1) is 15.1. The summed E-state index contributed by atoms with van der Waals surface area (Å²) in [6.45, 7) is 4.27. The summed E-state index contributed by atoms with van der Waals surface area (Å²) >= 11 is 0. The third-order valence-corrected chi connectivity index (χ3v) is 3.36. The summed E-state index contributed by atoms with van der Waals surface area (Å²) in [5.41, 5.74) is 2.21. The van der Waals surface area contributed by atoms with Gasteiger partial charge in [-0.05, 0) is 29.2 Å². The monoisotopic (exact) mass is 284 g/mol. The van der Waals surface area contributed by atoms with Crippen LogP contribution in [0.5, 0.6) is 5.75 Å². The molecule has 1 N–H and O–H groups in total. The van der Waals surface area contributed by atoms with Crippen molar-refractivity contribution < 1.29 is 14.6 Å². The Morgan fingerprint density at radius 2 is 1.67 bits per heavy atom. The lowest BCUT2D eigenvalue weighted by atomic mass is 10.00. The van der Waals surface area contributed by atoms with Gasteiger partial charge in [0, 0.05) is 6.42 Å². The van der Waals surface area contributed by atoms with E-state index in [0.717, 1.165) is 5.56 Å². The molecule has 0 aliphatic carbocycles. The first-order valence-corrected chi connectivity index (χ1v) is 7.09. The number of aliphatic carboxylic acids is 1. The maximum Gasteiger partial charge on any atom is 0.345 e. The normalized spacial score (nSPS) is 12.1. The highest BCUT2D eigenvalue weighted by atomic mass is 16.5. The van der Waals surface area contributed by atoms with Crippen LogP contribution in [0.2, 0.25) is 0 Å². The number of para-hydroxylation sites is 1. The number of rotatable bonds is 6. The Balaban J connectivity index is 2.07. The van der Waals surface area contributed by atoms with Crippen LogP contribution in [-0.4, -0.2) is 17.2 Å². The maximum absolute atomic E-state index is 11.4. The van der Waals surface area contributed by atoms with E-state index in [-0.39, 0.29) is 0 Å². The van der Waals surface area contributed by atoms with E-state index in [1.807, 2.05) is 42.5 Å². The van der Waals surface area contributed by atoms with Crippen molar-refractivity contribution in [2.75, 3.05) is 0 Å². The summed E-state index contributed by atoms with van der Waals surface area (Å²) in [6, 6.07) is 17.1. The second-order valence-corrected chi connectivity index (χ2v) is 5.36. The molecule has 0 saturated carbocycles. The fraction of sp³-hybridized carbons (Fsp3) is 0.278. The molecule has 1 atom stereocenters. The largest absolute Gasteiger partial charge is 0.478 e. The highest BCUT2D eigenvalue weighted by molar-refractivity contribution is 5.73. The average molecular weight is 284 g/mol. The van der Waals surface area contributed by atoms with E-state index >= 15 is 0 Å².